The Morgan fingerprint density at radius 3 is 2.67 bits per heavy atom. The molecule has 21 heavy (non-hydrogen) atoms. The van der Waals surface area contributed by atoms with Gasteiger partial charge in [-0.15, -0.1) is 0 Å². The zero-order chi connectivity index (χ0) is 14.7. The lowest BCUT2D eigenvalue weighted by molar-refractivity contribution is 0.847. The Bertz CT molecular complexity index is 724. The minimum absolute atomic E-state index is 0.745. The molecule has 0 atom stereocenters. The Morgan fingerprint density at radius 2 is 2.00 bits per heavy atom. The number of rotatable bonds is 4. The summed E-state index contributed by atoms with van der Waals surface area (Å²) in [4.78, 5) is 4.39. The molecule has 0 radical (unpaired) electrons. The van der Waals surface area contributed by atoms with Crippen LogP contribution < -0.4 is 5.32 Å². The molecule has 0 aliphatic heterocycles. The number of pyridine rings is 1. The summed E-state index contributed by atoms with van der Waals surface area (Å²) in [6.45, 7) is 0.745. The van der Waals surface area contributed by atoms with Crippen LogP contribution in [0.5, 0.6) is 0 Å². The largest absolute Gasteiger partial charge is 0.380 e. The van der Waals surface area contributed by atoms with Gasteiger partial charge in [0.15, 0.2) is 5.82 Å². The molecule has 0 unspecified atom stereocenters. The molecule has 0 aliphatic carbocycles. The van der Waals surface area contributed by atoms with E-state index in [-0.39, 0.29) is 0 Å². The number of hydrogen-bond acceptors (Lipinski definition) is 3. The van der Waals surface area contributed by atoms with Gasteiger partial charge in [-0.25, -0.2) is 9.67 Å². The fraction of sp³-hybridized carbons (Fsp3) is 0.0667. The molecule has 1 aromatic carbocycles. The Morgan fingerprint density at radius 1 is 1.10 bits per heavy atom. The van der Waals surface area contributed by atoms with Gasteiger partial charge in [-0.3, -0.25) is 0 Å². The molecule has 0 saturated heterocycles. The summed E-state index contributed by atoms with van der Waals surface area (Å²) in [5.41, 5.74) is 2.17. The van der Waals surface area contributed by atoms with Crippen molar-refractivity contribution in [1.29, 1.82) is 0 Å². The summed E-state index contributed by atoms with van der Waals surface area (Å²) in [5.74, 6) is 0.803. The topological polar surface area (TPSA) is 42.7 Å². The first kappa shape index (κ1) is 14.3. The first-order valence-electron chi connectivity index (χ1n) is 6.36. The second-order valence-corrected chi connectivity index (χ2v) is 6.17. The lowest BCUT2D eigenvalue weighted by Gasteiger charge is -2.08. The van der Waals surface area contributed by atoms with Crippen molar-refractivity contribution < 1.29 is 0 Å². The van der Waals surface area contributed by atoms with Crippen LogP contribution in [-0.4, -0.2) is 14.8 Å². The van der Waals surface area contributed by atoms with Gasteiger partial charge >= 0.3 is 0 Å². The van der Waals surface area contributed by atoms with Crippen molar-refractivity contribution in [3.63, 3.8) is 0 Å². The van der Waals surface area contributed by atoms with Crippen LogP contribution in [0.2, 0.25) is 0 Å². The van der Waals surface area contributed by atoms with E-state index >= 15 is 0 Å². The molecule has 0 saturated carbocycles. The van der Waals surface area contributed by atoms with Crippen molar-refractivity contribution in [2.45, 2.75) is 6.54 Å². The van der Waals surface area contributed by atoms with Crippen LogP contribution in [0, 0.1) is 0 Å². The molecule has 4 nitrogen and oxygen atoms in total. The number of halogens is 2. The summed E-state index contributed by atoms with van der Waals surface area (Å²) in [7, 11) is 0. The maximum atomic E-state index is 4.39. The second kappa shape index (κ2) is 6.41. The minimum atomic E-state index is 0.745. The summed E-state index contributed by atoms with van der Waals surface area (Å²) in [6.07, 6.45) is 5.42. The van der Waals surface area contributed by atoms with Crippen LogP contribution in [0.4, 0.5) is 5.69 Å². The Balaban J connectivity index is 1.66. The van der Waals surface area contributed by atoms with Gasteiger partial charge in [0.05, 0.1) is 11.9 Å². The summed E-state index contributed by atoms with van der Waals surface area (Å²) < 4.78 is 3.83. The number of benzene rings is 1. The third-order valence-electron chi connectivity index (χ3n) is 2.97. The number of aromatic nitrogens is 3. The highest BCUT2D eigenvalue weighted by Gasteiger charge is 2.01. The number of anilines is 1. The predicted octanol–water partition coefficient (Wildman–Crippen LogP) is 4.40. The number of nitrogens with one attached hydrogen (secondary N) is 1. The highest BCUT2D eigenvalue weighted by Crippen LogP contribution is 2.24. The van der Waals surface area contributed by atoms with Crippen molar-refractivity contribution in [2.75, 3.05) is 5.32 Å². The Kier molecular flexibility index (Phi) is 4.36. The number of hydrogen-bond donors (Lipinski definition) is 1. The van der Waals surface area contributed by atoms with Crippen LogP contribution in [0.1, 0.15) is 5.56 Å². The molecule has 1 N–H and O–H groups in total. The maximum absolute atomic E-state index is 4.39. The molecule has 0 spiro atoms. The molecule has 0 fully saturated rings. The van der Waals surface area contributed by atoms with Crippen molar-refractivity contribution in [1.82, 2.24) is 14.8 Å². The third-order valence-corrected chi connectivity index (χ3v) is 4.85. The molecule has 0 bridgehead atoms. The van der Waals surface area contributed by atoms with E-state index in [4.69, 9.17) is 0 Å². The minimum Gasteiger partial charge on any atom is -0.380 e. The van der Waals surface area contributed by atoms with E-state index in [9.17, 15) is 0 Å². The van der Waals surface area contributed by atoms with E-state index in [0.29, 0.717) is 0 Å². The van der Waals surface area contributed by atoms with E-state index in [2.05, 4.69) is 59.4 Å². The van der Waals surface area contributed by atoms with Gasteiger partial charge in [-0.2, -0.15) is 5.10 Å². The lowest BCUT2D eigenvalue weighted by atomic mass is 10.2. The smallest absolute Gasteiger partial charge is 0.153 e. The fourth-order valence-electron chi connectivity index (χ4n) is 1.88. The van der Waals surface area contributed by atoms with Gasteiger partial charge in [0.1, 0.15) is 0 Å². The van der Waals surface area contributed by atoms with Crippen molar-refractivity contribution in [3.8, 4) is 5.82 Å². The van der Waals surface area contributed by atoms with Gasteiger partial charge in [-0.1, -0.05) is 6.07 Å². The van der Waals surface area contributed by atoms with Crippen LogP contribution in [0.3, 0.4) is 0 Å². The van der Waals surface area contributed by atoms with Crippen LogP contribution >= 0.6 is 31.9 Å². The zero-order valence-corrected chi connectivity index (χ0v) is 14.2. The summed E-state index contributed by atoms with van der Waals surface area (Å²) >= 11 is 6.97. The van der Waals surface area contributed by atoms with Crippen LogP contribution in [0.15, 0.2) is 63.9 Å². The van der Waals surface area contributed by atoms with Crippen molar-refractivity contribution in [3.05, 3.63) is 69.5 Å². The monoisotopic (exact) mass is 406 g/mol. The highest BCUT2D eigenvalue weighted by atomic mass is 79.9. The van der Waals surface area contributed by atoms with E-state index in [0.717, 1.165) is 27.0 Å². The Labute approximate surface area is 139 Å². The van der Waals surface area contributed by atoms with Gasteiger partial charge in [0, 0.05) is 27.9 Å². The molecule has 0 amide bonds. The fourth-order valence-corrected chi connectivity index (χ4v) is 2.56. The van der Waals surface area contributed by atoms with E-state index < -0.39 is 0 Å². The van der Waals surface area contributed by atoms with Gasteiger partial charge < -0.3 is 5.32 Å². The van der Waals surface area contributed by atoms with E-state index in [1.165, 1.54) is 5.56 Å². The molecule has 3 aromatic rings. The second-order valence-electron chi connectivity index (χ2n) is 4.46. The summed E-state index contributed by atoms with van der Waals surface area (Å²) in [6, 6.07) is 12.0. The molecule has 6 heteroatoms. The molecule has 2 aromatic heterocycles. The van der Waals surface area contributed by atoms with E-state index in [1.54, 1.807) is 10.9 Å². The third kappa shape index (κ3) is 3.51. The quantitative estimate of drug-likeness (QED) is 0.696. The normalized spacial score (nSPS) is 10.6. The van der Waals surface area contributed by atoms with Gasteiger partial charge in [0.25, 0.3) is 0 Å². The highest BCUT2D eigenvalue weighted by molar-refractivity contribution is 9.13. The van der Waals surface area contributed by atoms with Gasteiger partial charge in [0.2, 0.25) is 0 Å². The van der Waals surface area contributed by atoms with E-state index in [1.807, 2.05) is 36.7 Å². The lowest BCUT2D eigenvalue weighted by Crippen LogP contribution is -2.02. The van der Waals surface area contributed by atoms with Crippen molar-refractivity contribution in [2.24, 2.45) is 0 Å². The Hall–Kier alpha value is -1.66. The van der Waals surface area contributed by atoms with Gasteiger partial charge in [-0.05, 0) is 67.8 Å². The average Bonchev–Trinajstić information content (AvgIpc) is 3.03. The molecule has 2 heterocycles. The average molecular weight is 408 g/mol. The first-order chi connectivity index (χ1) is 10.2. The molecule has 106 valence electrons. The molecular formula is C15H12Br2N4. The first-order valence-corrected chi connectivity index (χ1v) is 7.95. The van der Waals surface area contributed by atoms with Crippen LogP contribution in [-0.2, 0) is 6.54 Å². The van der Waals surface area contributed by atoms with Crippen molar-refractivity contribution >= 4 is 37.5 Å². The summed E-state index contributed by atoms with van der Waals surface area (Å²) in [5, 5.41) is 7.50. The zero-order valence-electron chi connectivity index (χ0n) is 11.0. The SMILES string of the molecule is Brc1ccc(CNc2ccc(-n3cccn3)nc2)cc1Br. The molecule has 3 rings (SSSR count). The maximum Gasteiger partial charge on any atom is 0.153 e. The standard InChI is InChI=1S/C15H12Br2N4/c16-13-4-2-11(8-14(13)17)9-18-12-3-5-15(19-10-12)21-7-1-6-20-21/h1-8,10,18H,9H2. The number of nitrogens with zero attached hydrogens (tertiary/aromatic N) is 3. The molecule has 0 aliphatic rings. The molecular weight excluding hydrogens is 396 g/mol. The predicted molar refractivity (Wildman–Crippen MR) is 90.5 cm³/mol. The van der Waals surface area contributed by atoms with Crippen LogP contribution in [0.25, 0.3) is 5.82 Å².